The fraction of sp³-hybridized carbons (Fsp3) is 0.407. The van der Waals surface area contributed by atoms with E-state index in [1.807, 2.05) is 24.3 Å². The molecule has 2 aliphatic heterocycles. The Morgan fingerprint density at radius 3 is 2.43 bits per heavy atom. The number of anilines is 1. The second-order valence-electron chi connectivity index (χ2n) is 8.90. The summed E-state index contributed by atoms with van der Waals surface area (Å²) in [5, 5.41) is 5.77. The van der Waals surface area contributed by atoms with Gasteiger partial charge in [0.2, 0.25) is 0 Å². The zero-order valence-electron chi connectivity index (χ0n) is 20.9. The number of hydrogen-bond donors (Lipinski definition) is 2. The predicted molar refractivity (Wildman–Crippen MR) is 136 cm³/mol. The van der Waals surface area contributed by atoms with Crippen LogP contribution in [0.1, 0.15) is 29.7 Å². The fourth-order valence-electron chi connectivity index (χ4n) is 4.69. The third-order valence-corrected chi connectivity index (χ3v) is 6.77. The molecule has 0 saturated carbocycles. The number of piperazine rings is 1. The Morgan fingerprint density at radius 2 is 1.77 bits per heavy atom. The van der Waals surface area contributed by atoms with Crippen molar-refractivity contribution >= 4 is 17.7 Å². The number of nitrogens with one attached hydrogen (secondary N) is 2. The molecule has 1 fully saturated rings. The molecular weight excluding hydrogens is 444 g/mol. The number of methoxy groups -OCH3 is 1. The van der Waals surface area contributed by atoms with Crippen LogP contribution in [0.3, 0.4) is 0 Å². The molecule has 2 aliphatic rings. The standard InChI is InChI=1S/C27H34N4O4/c1-5-35-26(32)24-22(28-27(33)29-25(24)20-9-11-21(34-4)12-10-20)17-30-13-15-31(16-14-30)23-8-6-7-18(2)19(23)3/h6-12,25H,5,13-17H2,1-4H3,(H2,28,29,33)/t25-/m1/s1. The smallest absolute Gasteiger partial charge is 0.338 e. The summed E-state index contributed by atoms with van der Waals surface area (Å²) >= 11 is 0. The molecule has 2 aromatic rings. The second-order valence-corrected chi connectivity index (χ2v) is 8.90. The van der Waals surface area contributed by atoms with Gasteiger partial charge in [0.15, 0.2) is 0 Å². The second kappa shape index (κ2) is 10.8. The number of hydrogen-bond acceptors (Lipinski definition) is 6. The van der Waals surface area contributed by atoms with E-state index in [0.29, 0.717) is 23.6 Å². The van der Waals surface area contributed by atoms with Gasteiger partial charge in [-0.25, -0.2) is 9.59 Å². The summed E-state index contributed by atoms with van der Waals surface area (Å²) in [6, 6.07) is 12.8. The average Bonchev–Trinajstić information content (AvgIpc) is 2.86. The predicted octanol–water partition coefficient (Wildman–Crippen LogP) is 3.31. The van der Waals surface area contributed by atoms with Gasteiger partial charge < -0.3 is 25.0 Å². The molecule has 0 spiro atoms. The average molecular weight is 479 g/mol. The van der Waals surface area contributed by atoms with Gasteiger partial charge in [0.1, 0.15) is 5.75 Å². The number of aryl methyl sites for hydroxylation is 1. The van der Waals surface area contributed by atoms with Crippen molar-refractivity contribution in [1.82, 2.24) is 15.5 Å². The van der Waals surface area contributed by atoms with Crippen molar-refractivity contribution in [2.75, 3.05) is 51.3 Å². The Labute approximate surface area is 206 Å². The lowest BCUT2D eigenvalue weighted by atomic mass is 9.94. The number of ether oxygens (including phenoxy) is 2. The minimum Gasteiger partial charge on any atom is -0.497 e. The van der Waals surface area contributed by atoms with Gasteiger partial charge in [-0.3, -0.25) is 4.90 Å². The van der Waals surface area contributed by atoms with Crippen molar-refractivity contribution in [3.8, 4) is 5.75 Å². The highest BCUT2D eigenvalue weighted by molar-refractivity contribution is 5.95. The summed E-state index contributed by atoms with van der Waals surface area (Å²) < 4.78 is 10.6. The van der Waals surface area contributed by atoms with Crippen molar-refractivity contribution in [2.24, 2.45) is 0 Å². The van der Waals surface area contributed by atoms with E-state index in [1.54, 1.807) is 14.0 Å². The van der Waals surface area contributed by atoms with Crippen LogP contribution in [0.5, 0.6) is 5.75 Å². The number of rotatable bonds is 7. The molecule has 2 amide bonds. The lowest BCUT2D eigenvalue weighted by molar-refractivity contribution is -0.139. The van der Waals surface area contributed by atoms with Crippen LogP contribution in [0.4, 0.5) is 10.5 Å². The molecule has 0 aromatic heterocycles. The minimum absolute atomic E-state index is 0.257. The first-order valence-corrected chi connectivity index (χ1v) is 12.1. The van der Waals surface area contributed by atoms with E-state index in [9.17, 15) is 9.59 Å². The highest BCUT2D eigenvalue weighted by Gasteiger charge is 2.34. The Kier molecular flexibility index (Phi) is 7.60. The zero-order valence-corrected chi connectivity index (χ0v) is 20.9. The highest BCUT2D eigenvalue weighted by Crippen LogP contribution is 2.30. The molecule has 2 N–H and O–H groups in total. The molecule has 1 saturated heterocycles. The maximum atomic E-state index is 13.0. The van der Waals surface area contributed by atoms with Gasteiger partial charge in [-0.05, 0) is 55.7 Å². The van der Waals surface area contributed by atoms with Gasteiger partial charge in [-0.1, -0.05) is 24.3 Å². The number of carbonyl (C=O) groups is 2. The summed E-state index contributed by atoms with van der Waals surface area (Å²) in [5.74, 6) is 0.280. The first-order valence-electron chi connectivity index (χ1n) is 12.1. The van der Waals surface area contributed by atoms with E-state index >= 15 is 0 Å². The molecule has 0 aliphatic carbocycles. The highest BCUT2D eigenvalue weighted by atomic mass is 16.5. The number of nitrogens with zero attached hydrogens (tertiary/aromatic N) is 2. The minimum atomic E-state index is -0.597. The molecule has 35 heavy (non-hydrogen) atoms. The van der Waals surface area contributed by atoms with Crippen LogP contribution in [0.15, 0.2) is 53.7 Å². The molecule has 2 heterocycles. The van der Waals surface area contributed by atoms with Gasteiger partial charge in [-0.2, -0.15) is 0 Å². The first-order chi connectivity index (χ1) is 16.9. The Balaban J connectivity index is 1.56. The number of benzene rings is 2. The Morgan fingerprint density at radius 1 is 1.06 bits per heavy atom. The monoisotopic (exact) mass is 478 g/mol. The van der Waals surface area contributed by atoms with Gasteiger partial charge in [0.05, 0.1) is 25.3 Å². The molecule has 4 rings (SSSR count). The van der Waals surface area contributed by atoms with Gasteiger partial charge in [0, 0.05) is 44.1 Å². The molecule has 0 unspecified atom stereocenters. The van der Waals surface area contributed by atoms with Gasteiger partial charge in [0.25, 0.3) is 0 Å². The normalized spacial score (nSPS) is 18.7. The maximum absolute atomic E-state index is 13.0. The van der Waals surface area contributed by atoms with Crippen molar-refractivity contribution in [1.29, 1.82) is 0 Å². The summed E-state index contributed by atoms with van der Waals surface area (Å²) in [7, 11) is 1.60. The summed E-state index contributed by atoms with van der Waals surface area (Å²) in [5.41, 5.74) is 5.69. The molecule has 0 bridgehead atoms. The summed E-state index contributed by atoms with van der Waals surface area (Å²) in [6.07, 6.45) is 0. The van der Waals surface area contributed by atoms with Crippen molar-refractivity contribution in [3.05, 3.63) is 70.4 Å². The van der Waals surface area contributed by atoms with Crippen LogP contribution >= 0.6 is 0 Å². The zero-order chi connectivity index (χ0) is 24.9. The quantitative estimate of drug-likeness (QED) is 0.594. The molecule has 2 aromatic carbocycles. The molecule has 8 heteroatoms. The first kappa shape index (κ1) is 24.6. The van der Waals surface area contributed by atoms with Crippen molar-refractivity contribution in [2.45, 2.75) is 26.8 Å². The molecule has 8 nitrogen and oxygen atoms in total. The van der Waals surface area contributed by atoms with Crippen LogP contribution in [0.25, 0.3) is 0 Å². The van der Waals surface area contributed by atoms with E-state index in [2.05, 4.69) is 52.5 Å². The molecule has 0 radical (unpaired) electrons. The maximum Gasteiger partial charge on any atom is 0.338 e. The number of carbonyl (C=O) groups excluding carboxylic acids is 2. The van der Waals surface area contributed by atoms with Crippen LogP contribution in [-0.2, 0) is 9.53 Å². The van der Waals surface area contributed by atoms with Crippen LogP contribution in [-0.4, -0.2) is 63.3 Å². The fourth-order valence-corrected chi connectivity index (χ4v) is 4.69. The molecule has 186 valence electrons. The van der Waals surface area contributed by atoms with E-state index in [4.69, 9.17) is 9.47 Å². The van der Waals surface area contributed by atoms with Crippen molar-refractivity contribution < 1.29 is 19.1 Å². The summed E-state index contributed by atoms with van der Waals surface area (Å²) in [4.78, 5) is 30.3. The lowest BCUT2D eigenvalue weighted by Crippen LogP contribution is -2.52. The van der Waals surface area contributed by atoms with Gasteiger partial charge >= 0.3 is 12.0 Å². The van der Waals surface area contributed by atoms with E-state index in [-0.39, 0.29) is 12.6 Å². The number of amides is 2. The van der Waals surface area contributed by atoms with Crippen LogP contribution in [0.2, 0.25) is 0 Å². The van der Waals surface area contributed by atoms with E-state index in [1.165, 1.54) is 16.8 Å². The van der Waals surface area contributed by atoms with Crippen molar-refractivity contribution in [3.63, 3.8) is 0 Å². The topological polar surface area (TPSA) is 83.1 Å². The number of urea groups is 1. The van der Waals surface area contributed by atoms with E-state index in [0.717, 1.165) is 31.7 Å². The third-order valence-electron chi connectivity index (χ3n) is 6.77. The SMILES string of the molecule is CCOC(=O)C1=C(CN2CCN(c3cccc(C)c3C)CC2)NC(=O)N[C@@H]1c1ccc(OC)cc1. The lowest BCUT2D eigenvalue weighted by Gasteiger charge is -2.38. The summed E-state index contributed by atoms with van der Waals surface area (Å²) in [6.45, 7) is 10.2. The van der Waals surface area contributed by atoms with Gasteiger partial charge in [-0.15, -0.1) is 0 Å². The Bertz CT molecular complexity index is 1100. The van der Waals surface area contributed by atoms with Crippen LogP contribution in [0, 0.1) is 13.8 Å². The third kappa shape index (κ3) is 5.43. The molecular formula is C27H34N4O4. The van der Waals surface area contributed by atoms with E-state index < -0.39 is 12.0 Å². The Hall–Kier alpha value is -3.52. The molecule has 1 atom stereocenters. The largest absolute Gasteiger partial charge is 0.497 e. The van der Waals surface area contributed by atoms with Crippen LogP contribution < -0.4 is 20.3 Å². The number of esters is 1.